The van der Waals surface area contributed by atoms with Crippen LogP contribution < -0.4 is 5.32 Å². The van der Waals surface area contributed by atoms with Gasteiger partial charge in [-0.05, 0) is 60.9 Å². The Labute approximate surface area is 162 Å². The lowest BCUT2D eigenvalue weighted by molar-refractivity contribution is -0.250. The maximum absolute atomic E-state index is 13.4. The van der Waals surface area contributed by atoms with Gasteiger partial charge in [0, 0.05) is 6.20 Å². The highest BCUT2D eigenvalue weighted by Crippen LogP contribution is 2.36. The molecule has 156 valence electrons. The van der Waals surface area contributed by atoms with E-state index in [4.69, 9.17) is 0 Å². The Morgan fingerprint density at radius 3 is 2.21 bits per heavy atom. The smallest absolute Gasteiger partial charge is 0.345 e. The molecule has 0 amide bonds. The van der Waals surface area contributed by atoms with Crippen LogP contribution in [0.2, 0.25) is 0 Å². The molecule has 1 aromatic carbocycles. The molecule has 2 rings (SSSR count). The molecule has 0 atom stereocenters. The quantitative estimate of drug-likeness (QED) is 0.415. The van der Waals surface area contributed by atoms with E-state index in [0.717, 1.165) is 24.0 Å². The van der Waals surface area contributed by atoms with E-state index in [1.54, 1.807) is 0 Å². The van der Waals surface area contributed by atoms with E-state index in [1.807, 2.05) is 12.2 Å². The molecule has 28 heavy (non-hydrogen) atoms. The monoisotopic (exact) mass is 402 g/mol. The van der Waals surface area contributed by atoms with Gasteiger partial charge in [0.1, 0.15) is 0 Å². The summed E-state index contributed by atoms with van der Waals surface area (Å²) in [5.41, 5.74) is 5.27. The zero-order chi connectivity index (χ0) is 20.9. The summed E-state index contributed by atoms with van der Waals surface area (Å²) in [6.07, 6.45) is 1.69. The summed E-state index contributed by atoms with van der Waals surface area (Å²) >= 11 is 0. The molecule has 0 radical (unpaired) electrons. The molecule has 2 nitrogen and oxygen atoms in total. The summed E-state index contributed by atoms with van der Waals surface area (Å²) in [7, 11) is 0. The fourth-order valence-electron chi connectivity index (χ4n) is 3.27. The molecule has 0 saturated heterocycles. The summed E-state index contributed by atoms with van der Waals surface area (Å²) in [5, 5.41) is 2.05. The summed E-state index contributed by atoms with van der Waals surface area (Å²) in [5.74, 6) is -6.32. The van der Waals surface area contributed by atoms with Crippen molar-refractivity contribution in [3.8, 4) is 0 Å². The summed E-state index contributed by atoms with van der Waals surface area (Å²) < 4.78 is 64.1. The Hall–Kier alpha value is -1.92. The number of nitrogens with zero attached hydrogens (tertiary/aromatic N) is 1. The van der Waals surface area contributed by atoms with Crippen LogP contribution in [0, 0.1) is 13.8 Å². The van der Waals surface area contributed by atoms with Crippen LogP contribution in [-0.2, 0) is 12.8 Å². The standard InChI is InChI=1S/C21H27F5N2/c1-4-5-6-7-8-17-11-18(15(3)9-14(17)2)10-16-12-27-19(28-13-16)20(22,23)21(24,25)26/h9,11-12H,4-8,10,13H2,1-3H3,(H,27,28). The molecular weight excluding hydrogens is 375 g/mol. The van der Waals surface area contributed by atoms with Crippen LogP contribution in [0.3, 0.4) is 0 Å². The van der Waals surface area contributed by atoms with Gasteiger partial charge in [-0.15, -0.1) is 0 Å². The first kappa shape index (κ1) is 22.4. The lowest BCUT2D eigenvalue weighted by Gasteiger charge is -2.24. The number of halogens is 5. The number of hydrogen-bond acceptors (Lipinski definition) is 2. The van der Waals surface area contributed by atoms with E-state index in [9.17, 15) is 22.0 Å². The van der Waals surface area contributed by atoms with Crippen LogP contribution in [0.5, 0.6) is 0 Å². The van der Waals surface area contributed by atoms with Crippen molar-refractivity contribution in [2.75, 3.05) is 6.54 Å². The van der Waals surface area contributed by atoms with Crippen molar-refractivity contribution in [2.45, 2.75) is 71.4 Å². The van der Waals surface area contributed by atoms with Crippen molar-refractivity contribution < 1.29 is 22.0 Å². The largest absolute Gasteiger partial charge is 0.461 e. The minimum absolute atomic E-state index is 0.173. The highest BCUT2D eigenvalue weighted by molar-refractivity contribution is 5.91. The second kappa shape index (κ2) is 9.05. The van der Waals surface area contributed by atoms with Crippen molar-refractivity contribution in [1.82, 2.24) is 5.32 Å². The molecule has 1 aliphatic heterocycles. The highest BCUT2D eigenvalue weighted by atomic mass is 19.4. The van der Waals surface area contributed by atoms with Gasteiger partial charge in [0.2, 0.25) is 0 Å². The third-order valence-electron chi connectivity index (χ3n) is 5.02. The molecular formula is C21H27F5N2. The topological polar surface area (TPSA) is 24.4 Å². The zero-order valence-electron chi connectivity index (χ0n) is 16.5. The number of benzene rings is 1. The van der Waals surface area contributed by atoms with E-state index in [2.05, 4.69) is 31.0 Å². The lowest BCUT2D eigenvalue weighted by atomic mass is 9.93. The number of unbranched alkanes of at least 4 members (excludes halogenated alkanes) is 3. The van der Waals surface area contributed by atoms with Crippen molar-refractivity contribution >= 4 is 5.84 Å². The van der Waals surface area contributed by atoms with Crippen LogP contribution in [0.4, 0.5) is 22.0 Å². The van der Waals surface area contributed by atoms with Crippen LogP contribution >= 0.6 is 0 Å². The van der Waals surface area contributed by atoms with E-state index in [-0.39, 0.29) is 6.54 Å². The zero-order valence-corrected chi connectivity index (χ0v) is 16.5. The number of amidine groups is 1. The van der Waals surface area contributed by atoms with Crippen LogP contribution in [-0.4, -0.2) is 24.5 Å². The second-order valence-corrected chi connectivity index (χ2v) is 7.38. The van der Waals surface area contributed by atoms with Crippen molar-refractivity contribution in [1.29, 1.82) is 0 Å². The number of aliphatic imine (C=N–C) groups is 1. The number of rotatable bonds is 8. The Morgan fingerprint density at radius 1 is 0.964 bits per heavy atom. The molecule has 7 heteroatoms. The van der Waals surface area contributed by atoms with E-state index in [1.165, 1.54) is 36.6 Å². The third kappa shape index (κ3) is 5.32. The Morgan fingerprint density at radius 2 is 1.64 bits per heavy atom. The molecule has 0 aliphatic carbocycles. The summed E-state index contributed by atoms with van der Waals surface area (Å²) in [6.45, 7) is 6.04. The van der Waals surface area contributed by atoms with Crippen molar-refractivity contribution in [3.63, 3.8) is 0 Å². The normalized spacial score (nSPS) is 15.1. The van der Waals surface area contributed by atoms with Crippen molar-refractivity contribution in [2.24, 2.45) is 4.99 Å². The van der Waals surface area contributed by atoms with Gasteiger partial charge in [-0.3, -0.25) is 4.99 Å². The first-order valence-electron chi connectivity index (χ1n) is 9.59. The molecule has 1 N–H and O–H groups in total. The van der Waals surface area contributed by atoms with Crippen LogP contribution in [0.1, 0.15) is 54.9 Å². The number of nitrogens with one attached hydrogen (secondary N) is 1. The van der Waals surface area contributed by atoms with Gasteiger partial charge < -0.3 is 5.32 Å². The maximum Gasteiger partial charge on any atom is 0.461 e. The first-order chi connectivity index (χ1) is 13.1. The van der Waals surface area contributed by atoms with Gasteiger partial charge in [-0.25, -0.2) is 0 Å². The first-order valence-corrected chi connectivity index (χ1v) is 9.59. The Bertz CT molecular complexity index is 748. The molecule has 0 fully saturated rings. The summed E-state index contributed by atoms with van der Waals surface area (Å²) in [4.78, 5) is 3.45. The minimum Gasteiger partial charge on any atom is -0.345 e. The maximum atomic E-state index is 13.4. The average molecular weight is 402 g/mol. The average Bonchev–Trinajstić information content (AvgIpc) is 2.61. The second-order valence-electron chi connectivity index (χ2n) is 7.38. The molecule has 0 aromatic heterocycles. The highest BCUT2D eigenvalue weighted by Gasteiger charge is 2.61. The minimum atomic E-state index is -5.66. The number of aryl methyl sites for hydroxylation is 3. The number of alkyl halides is 5. The predicted molar refractivity (Wildman–Crippen MR) is 102 cm³/mol. The summed E-state index contributed by atoms with van der Waals surface area (Å²) in [6, 6.07) is 4.23. The molecule has 0 bridgehead atoms. The van der Waals surface area contributed by atoms with Gasteiger partial charge in [0.25, 0.3) is 0 Å². The molecule has 0 spiro atoms. The SMILES string of the molecule is CCCCCCc1cc(CC2=CNC(C(F)(F)C(F)(F)F)=NC2)c(C)cc1C. The van der Waals surface area contributed by atoms with Gasteiger partial charge in [-0.2, -0.15) is 22.0 Å². The molecule has 0 unspecified atom stereocenters. The van der Waals surface area contributed by atoms with Crippen molar-refractivity contribution in [3.05, 3.63) is 46.2 Å². The van der Waals surface area contributed by atoms with E-state index < -0.39 is 17.9 Å². The van der Waals surface area contributed by atoms with E-state index >= 15 is 0 Å². The van der Waals surface area contributed by atoms with Crippen LogP contribution in [0.15, 0.2) is 28.9 Å². The molecule has 1 heterocycles. The van der Waals surface area contributed by atoms with E-state index in [0.29, 0.717) is 12.0 Å². The Kier molecular flexibility index (Phi) is 7.23. The van der Waals surface area contributed by atoms with Gasteiger partial charge in [0.15, 0.2) is 5.84 Å². The Balaban J connectivity index is 2.06. The molecule has 1 aliphatic rings. The van der Waals surface area contributed by atoms with Gasteiger partial charge in [0.05, 0.1) is 6.54 Å². The number of hydrogen-bond donors (Lipinski definition) is 1. The van der Waals surface area contributed by atoms with Gasteiger partial charge >= 0.3 is 12.1 Å². The molecule has 1 aromatic rings. The predicted octanol–water partition coefficient (Wildman–Crippen LogP) is 6.05. The molecule has 0 saturated carbocycles. The fraction of sp³-hybridized carbons (Fsp3) is 0.571. The fourth-order valence-corrected chi connectivity index (χ4v) is 3.27. The van der Waals surface area contributed by atoms with Gasteiger partial charge in [-0.1, -0.05) is 38.3 Å². The van der Waals surface area contributed by atoms with Crippen LogP contribution in [0.25, 0.3) is 0 Å². The third-order valence-corrected chi connectivity index (χ3v) is 5.02. The lowest BCUT2D eigenvalue weighted by Crippen LogP contribution is -2.50.